The van der Waals surface area contributed by atoms with Gasteiger partial charge < -0.3 is 19.4 Å². The number of rotatable bonds is 6. The molecule has 1 N–H and O–H groups in total. The number of ether oxygens (including phenoxy) is 2. The monoisotopic (exact) mass is 325 g/mol. The first kappa shape index (κ1) is 14.8. The predicted molar refractivity (Wildman–Crippen MR) is 88.8 cm³/mol. The van der Waals surface area contributed by atoms with E-state index in [0.29, 0.717) is 18.2 Å². The molecule has 0 spiro atoms. The van der Waals surface area contributed by atoms with Crippen LogP contribution < -0.4 is 14.8 Å². The summed E-state index contributed by atoms with van der Waals surface area (Å²) >= 11 is 0. The Balaban J connectivity index is 1.28. The van der Waals surface area contributed by atoms with Crippen molar-refractivity contribution in [3.63, 3.8) is 0 Å². The van der Waals surface area contributed by atoms with E-state index in [9.17, 15) is 4.79 Å². The van der Waals surface area contributed by atoms with Crippen LogP contribution in [0.4, 0.5) is 0 Å². The van der Waals surface area contributed by atoms with Crippen LogP contribution in [0, 0.1) is 0 Å². The molecular formula is C18H19N3O3. The van der Waals surface area contributed by atoms with Crippen LogP contribution >= 0.6 is 0 Å². The highest BCUT2D eigenvalue weighted by Gasteiger charge is 2.27. The largest absolute Gasteiger partial charge is 0.454 e. The van der Waals surface area contributed by atoms with Gasteiger partial charge in [0.25, 0.3) is 0 Å². The Morgan fingerprint density at radius 1 is 1.33 bits per heavy atom. The van der Waals surface area contributed by atoms with Gasteiger partial charge in [-0.15, -0.1) is 0 Å². The van der Waals surface area contributed by atoms with Gasteiger partial charge in [-0.3, -0.25) is 4.79 Å². The number of imidazole rings is 1. The summed E-state index contributed by atoms with van der Waals surface area (Å²) in [6.07, 6.45) is 9.55. The molecule has 1 aliphatic carbocycles. The maximum Gasteiger partial charge on any atom is 0.244 e. The van der Waals surface area contributed by atoms with Gasteiger partial charge in [-0.25, -0.2) is 4.98 Å². The molecule has 1 aliphatic heterocycles. The summed E-state index contributed by atoms with van der Waals surface area (Å²) < 4.78 is 12.7. The molecule has 0 unspecified atom stereocenters. The fourth-order valence-corrected chi connectivity index (χ4v) is 2.76. The maximum absolute atomic E-state index is 11.9. The molecule has 24 heavy (non-hydrogen) atoms. The summed E-state index contributed by atoms with van der Waals surface area (Å²) in [5.74, 6) is 3.09. The predicted octanol–water partition coefficient (Wildman–Crippen LogP) is 2.32. The number of aromatic nitrogens is 2. The molecule has 1 fully saturated rings. The third-order valence-corrected chi connectivity index (χ3v) is 4.17. The number of nitrogens with zero attached hydrogens (tertiary/aromatic N) is 2. The fourth-order valence-electron chi connectivity index (χ4n) is 2.76. The lowest BCUT2D eigenvalue weighted by Crippen LogP contribution is -2.25. The van der Waals surface area contributed by atoms with E-state index in [1.54, 1.807) is 6.08 Å². The Hall–Kier alpha value is -2.76. The van der Waals surface area contributed by atoms with Crippen LogP contribution in [0.25, 0.3) is 6.08 Å². The molecule has 2 aromatic rings. The van der Waals surface area contributed by atoms with Crippen LogP contribution in [-0.2, 0) is 11.3 Å². The topological polar surface area (TPSA) is 65.4 Å². The number of benzene rings is 1. The number of carbonyl (C=O) groups excluding carboxylic acids is 1. The van der Waals surface area contributed by atoms with E-state index in [-0.39, 0.29) is 12.7 Å². The first-order valence-electron chi connectivity index (χ1n) is 8.16. The van der Waals surface area contributed by atoms with Crippen molar-refractivity contribution in [1.82, 2.24) is 14.9 Å². The van der Waals surface area contributed by atoms with Crippen molar-refractivity contribution in [2.75, 3.05) is 13.3 Å². The second-order valence-corrected chi connectivity index (χ2v) is 5.99. The molecule has 2 heterocycles. The van der Waals surface area contributed by atoms with E-state index >= 15 is 0 Å². The minimum absolute atomic E-state index is 0.110. The van der Waals surface area contributed by atoms with Crippen molar-refractivity contribution in [1.29, 1.82) is 0 Å². The van der Waals surface area contributed by atoms with Crippen molar-refractivity contribution >= 4 is 12.0 Å². The Kier molecular flexibility index (Phi) is 3.94. The number of fused-ring (bicyclic) bond motifs is 1. The fraction of sp³-hybridized carbons (Fsp3) is 0.333. The lowest BCUT2D eigenvalue weighted by Gasteiger charge is -2.07. The smallest absolute Gasteiger partial charge is 0.244 e. The Morgan fingerprint density at radius 3 is 3.08 bits per heavy atom. The van der Waals surface area contributed by atoms with E-state index in [4.69, 9.17) is 9.47 Å². The van der Waals surface area contributed by atoms with E-state index in [1.165, 1.54) is 18.9 Å². The van der Waals surface area contributed by atoms with Crippen molar-refractivity contribution in [2.45, 2.75) is 25.3 Å². The molecule has 6 nitrogen and oxygen atoms in total. The Labute approximate surface area is 140 Å². The highest BCUT2D eigenvalue weighted by Crippen LogP contribution is 2.38. The SMILES string of the molecule is O=C(/C=C/c1ccc2c(c1)OCO2)NCCn1ccnc1C1CC1. The molecule has 124 valence electrons. The van der Waals surface area contributed by atoms with Gasteiger partial charge in [0, 0.05) is 37.5 Å². The van der Waals surface area contributed by atoms with Crippen LogP contribution in [0.3, 0.4) is 0 Å². The summed E-state index contributed by atoms with van der Waals surface area (Å²) in [5, 5.41) is 2.90. The van der Waals surface area contributed by atoms with Crippen LogP contribution in [0.2, 0.25) is 0 Å². The third kappa shape index (κ3) is 3.27. The number of nitrogens with one attached hydrogen (secondary N) is 1. The normalized spacial score (nSPS) is 15.8. The van der Waals surface area contributed by atoms with E-state index in [0.717, 1.165) is 23.7 Å². The van der Waals surface area contributed by atoms with Gasteiger partial charge in [-0.2, -0.15) is 0 Å². The van der Waals surface area contributed by atoms with Crippen LogP contribution in [0.15, 0.2) is 36.7 Å². The average Bonchev–Trinajstić information content (AvgIpc) is 3.14. The summed E-state index contributed by atoms with van der Waals surface area (Å²) in [5.41, 5.74) is 0.903. The third-order valence-electron chi connectivity index (χ3n) is 4.17. The van der Waals surface area contributed by atoms with Gasteiger partial charge in [0.05, 0.1) is 0 Å². The maximum atomic E-state index is 11.9. The number of hydrogen-bond acceptors (Lipinski definition) is 4. The van der Waals surface area contributed by atoms with E-state index < -0.39 is 0 Å². The van der Waals surface area contributed by atoms with Gasteiger partial charge in [0.2, 0.25) is 12.7 Å². The van der Waals surface area contributed by atoms with E-state index in [2.05, 4.69) is 14.9 Å². The van der Waals surface area contributed by atoms with Crippen molar-refractivity contribution in [2.24, 2.45) is 0 Å². The first-order valence-corrected chi connectivity index (χ1v) is 8.16. The summed E-state index contributed by atoms with van der Waals surface area (Å²) in [4.78, 5) is 16.3. The molecule has 1 amide bonds. The van der Waals surface area contributed by atoms with Gasteiger partial charge in [0.1, 0.15) is 5.82 Å². The highest BCUT2D eigenvalue weighted by molar-refractivity contribution is 5.91. The van der Waals surface area contributed by atoms with Crippen molar-refractivity contribution < 1.29 is 14.3 Å². The summed E-state index contributed by atoms with van der Waals surface area (Å²) in [7, 11) is 0. The number of amides is 1. The van der Waals surface area contributed by atoms with Crippen molar-refractivity contribution in [3.05, 3.63) is 48.1 Å². The molecule has 2 aliphatic rings. The standard InChI is InChI=1S/C18H19N3O3/c22-17(6-2-13-1-5-15-16(11-13)24-12-23-15)19-7-9-21-10-8-20-18(21)14-3-4-14/h1-2,5-6,8,10-11,14H,3-4,7,9,12H2,(H,19,22)/b6-2+. The lowest BCUT2D eigenvalue weighted by molar-refractivity contribution is -0.116. The Morgan fingerprint density at radius 2 is 2.21 bits per heavy atom. The van der Waals surface area contributed by atoms with Gasteiger partial charge >= 0.3 is 0 Å². The molecule has 1 aromatic carbocycles. The van der Waals surface area contributed by atoms with Crippen LogP contribution in [0.5, 0.6) is 11.5 Å². The Bertz CT molecular complexity index is 778. The molecule has 0 saturated heterocycles. The minimum atomic E-state index is -0.110. The van der Waals surface area contributed by atoms with Crippen LogP contribution in [0.1, 0.15) is 30.1 Å². The molecule has 0 bridgehead atoms. The van der Waals surface area contributed by atoms with Gasteiger partial charge in [-0.1, -0.05) is 6.07 Å². The minimum Gasteiger partial charge on any atom is -0.454 e. The molecule has 1 aromatic heterocycles. The highest BCUT2D eigenvalue weighted by atomic mass is 16.7. The summed E-state index contributed by atoms with van der Waals surface area (Å²) in [6, 6.07) is 5.60. The van der Waals surface area contributed by atoms with Gasteiger partial charge in [0.15, 0.2) is 11.5 Å². The second kappa shape index (κ2) is 6.39. The quantitative estimate of drug-likeness (QED) is 0.828. The number of carbonyl (C=O) groups is 1. The molecule has 6 heteroatoms. The molecule has 4 rings (SSSR count). The zero-order valence-corrected chi connectivity index (χ0v) is 13.3. The second-order valence-electron chi connectivity index (χ2n) is 5.99. The summed E-state index contributed by atoms with van der Waals surface area (Å²) in [6.45, 7) is 1.58. The zero-order chi connectivity index (χ0) is 16.4. The van der Waals surface area contributed by atoms with Crippen molar-refractivity contribution in [3.8, 4) is 11.5 Å². The molecule has 0 atom stereocenters. The van der Waals surface area contributed by atoms with Gasteiger partial charge in [-0.05, 0) is 36.6 Å². The number of hydrogen-bond donors (Lipinski definition) is 1. The average molecular weight is 325 g/mol. The first-order chi connectivity index (χ1) is 11.8. The molecule has 1 saturated carbocycles. The molecule has 0 radical (unpaired) electrons. The zero-order valence-electron chi connectivity index (χ0n) is 13.3. The lowest BCUT2D eigenvalue weighted by atomic mass is 10.2. The molecular weight excluding hydrogens is 306 g/mol. The van der Waals surface area contributed by atoms with Crippen LogP contribution in [-0.4, -0.2) is 28.8 Å². The van der Waals surface area contributed by atoms with E-state index in [1.807, 2.05) is 30.6 Å².